The van der Waals surface area contributed by atoms with Crippen molar-refractivity contribution in [1.29, 1.82) is 0 Å². The molecule has 2 heteroatoms. The molecule has 0 saturated heterocycles. The Bertz CT molecular complexity index is 327. The Labute approximate surface area is 98.1 Å². The van der Waals surface area contributed by atoms with E-state index in [1.807, 2.05) is 26.0 Å². The standard InChI is InChI=1S/C14H21NO/c1-11(2)8-9-16-14-6-4-13(5-7-14)10-12(3)15/h4-7,12H,1,8-10,15H2,2-3H3. The molecule has 0 aliphatic rings. The first-order valence-electron chi connectivity index (χ1n) is 5.69. The van der Waals surface area contributed by atoms with Crippen molar-refractivity contribution in [1.82, 2.24) is 0 Å². The molecule has 88 valence electrons. The quantitative estimate of drug-likeness (QED) is 0.747. The normalized spacial score (nSPS) is 12.2. The van der Waals surface area contributed by atoms with E-state index >= 15 is 0 Å². The van der Waals surface area contributed by atoms with E-state index in [0.29, 0.717) is 6.61 Å². The highest BCUT2D eigenvalue weighted by atomic mass is 16.5. The molecule has 0 aromatic heterocycles. The van der Waals surface area contributed by atoms with E-state index in [9.17, 15) is 0 Å². The van der Waals surface area contributed by atoms with Crippen molar-refractivity contribution in [2.24, 2.45) is 5.73 Å². The zero-order valence-corrected chi connectivity index (χ0v) is 10.2. The molecular formula is C14H21NO. The van der Waals surface area contributed by atoms with E-state index in [2.05, 4.69) is 18.7 Å². The van der Waals surface area contributed by atoms with Crippen LogP contribution in [0.15, 0.2) is 36.4 Å². The fourth-order valence-electron chi connectivity index (χ4n) is 1.44. The molecule has 0 fully saturated rings. The Morgan fingerprint density at radius 2 is 2.00 bits per heavy atom. The Hall–Kier alpha value is -1.28. The maximum Gasteiger partial charge on any atom is 0.119 e. The lowest BCUT2D eigenvalue weighted by atomic mass is 10.1. The van der Waals surface area contributed by atoms with E-state index < -0.39 is 0 Å². The van der Waals surface area contributed by atoms with E-state index in [1.165, 1.54) is 5.56 Å². The second kappa shape index (κ2) is 6.33. The molecule has 0 saturated carbocycles. The second-order valence-electron chi connectivity index (χ2n) is 4.38. The summed E-state index contributed by atoms with van der Waals surface area (Å²) in [6.45, 7) is 8.56. The van der Waals surface area contributed by atoms with Crippen molar-refractivity contribution in [2.75, 3.05) is 6.61 Å². The molecule has 0 aliphatic carbocycles. The molecule has 2 nitrogen and oxygen atoms in total. The third-order valence-electron chi connectivity index (χ3n) is 2.28. The third-order valence-corrected chi connectivity index (χ3v) is 2.28. The van der Waals surface area contributed by atoms with Crippen LogP contribution in [-0.2, 0) is 6.42 Å². The van der Waals surface area contributed by atoms with Gasteiger partial charge < -0.3 is 10.5 Å². The van der Waals surface area contributed by atoms with Crippen LogP contribution in [0.4, 0.5) is 0 Å². The number of hydrogen-bond acceptors (Lipinski definition) is 2. The number of benzene rings is 1. The molecule has 0 aliphatic heterocycles. The lowest BCUT2D eigenvalue weighted by molar-refractivity contribution is 0.321. The SMILES string of the molecule is C=C(C)CCOc1ccc(CC(C)N)cc1. The van der Waals surface area contributed by atoms with Crippen LogP contribution in [0.2, 0.25) is 0 Å². The number of rotatable bonds is 6. The van der Waals surface area contributed by atoms with Crippen LogP contribution < -0.4 is 10.5 Å². The summed E-state index contributed by atoms with van der Waals surface area (Å²) in [5, 5.41) is 0. The van der Waals surface area contributed by atoms with E-state index in [0.717, 1.165) is 24.2 Å². The topological polar surface area (TPSA) is 35.2 Å². The fraction of sp³-hybridized carbons (Fsp3) is 0.429. The fourth-order valence-corrected chi connectivity index (χ4v) is 1.44. The predicted octanol–water partition coefficient (Wildman–Crippen LogP) is 2.92. The molecule has 1 aromatic carbocycles. The smallest absolute Gasteiger partial charge is 0.119 e. The van der Waals surface area contributed by atoms with Crippen LogP contribution in [0.25, 0.3) is 0 Å². The van der Waals surface area contributed by atoms with Crippen LogP contribution in [0, 0.1) is 0 Å². The summed E-state index contributed by atoms with van der Waals surface area (Å²) in [4.78, 5) is 0. The number of nitrogens with two attached hydrogens (primary N) is 1. The van der Waals surface area contributed by atoms with E-state index in [4.69, 9.17) is 10.5 Å². The van der Waals surface area contributed by atoms with Crippen LogP contribution in [-0.4, -0.2) is 12.6 Å². The lowest BCUT2D eigenvalue weighted by Gasteiger charge is -2.08. The van der Waals surface area contributed by atoms with Gasteiger partial charge in [0.15, 0.2) is 0 Å². The molecule has 0 amide bonds. The Balaban J connectivity index is 2.42. The largest absolute Gasteiger partial charge is 0.493 e. The molecule has 2 N–H and O–H groups in total. The number of ether oxygens (including phenoxy) is 1. The molecule has 0 heterocycles. The molecule has 1 aromatic rings. The highest BCUT2D eigenvalue weighted by Gasteiger charge is 1.98. The van der Waals surface area contributed by atoms with Gasteiger partial charge in [0, 0.05) is 12.5 Å². The van der Waals surface area contributed by atoms with Gasteiger partial charge in [-0.2, -0.15) is 0 Å². The average molecular weight is 219 g/mol. The summed E-state index contributed by atoms with van der Waals surface area (Å²) in [6.07, 6.45) is 1.81. The summed E-state index contributed by atoms with van der Waals surface area (Å²) >= 11 is 0. The van der Waals surface area contributed by atoms with E-state index in [-0.39, 0.29) is 6.04 Å². The Morgan fingerprint density at radius 3 is 2.50 bits per heavy atom. The highest BCUT2D eigenvalue weighted by molar-refractivity contribution is 5.27. The van der Waals surface area contributed by atoms with Gasteiger partial charge in [-0.05, 0) is 38.0 Å². The maximum atomic E-state index is 5.74. The van der Waals surface area contributed by atoms with Crippen molar-refractivity contribution in [3.05, 3.63) is 42.0 Å². The molecule has 0 radical (unpaired) electrons. The highest BCUT2D eigenvalue weighted by Crippen LogP contribution is 2.13. The summed E-state index contributed by atoms with van der Waals surface area (Å²) in [6, 6.07) is 8.33. The molecule has 1 rings (SSSR count). The minimum absolute atomic E-state index is 0.204. The summed E-state index contributed by atoms with van der Waals surface area (Å²) < 4.78 is 5.58. The van der Waals surface area contributed by atoms with Gasteiger partial charge >= 0.3 is 0 Å². The average Bonchev–Trinajstić information content (AvgIpc) is 2.19. The minimum Gasteiger partial charge on any atom is -0.493 e. The summed E-state index contributed by atoms with van der Waals surface area (Å²) in [5.41, 5.74) is 8.13. The third kappa shape index (κ3) is 4.99. The van der Waals surface area contributed by atoms with E-state index in [1.54, 1.807) is 0 Å². The first-order chi connectivity index (χ1) is 7.58. The Kier molecular flexibility index (Phi) is 5.06. The lowest BCUT2D eigenvalue weighted by Crippen LogP contribution is -2.17. The summed E-state index contributed by atoms with van der Waals surface area (Å²) in [7, 11) is 0. The van der Waals surface area contributed by atoms with Gasteiger partial charge in [0.05, 0.1) is 6.61 Å². The minimum atomic E-state index is 0.204. The zero-order valence-electron chi connectivity index (χ0n) is 10.2. The van der Waals surface area contributed by atoms with Gasteiger partial charge in [-0.15, -0.1) is 6.58 Å². The van der Waals surface area contributed by atoms with Crippen LogP contribution in [0.5, 0.6) is 5.75 Å². The van der Waals surface area contributed by atoms with Gasteiger partial charge in [-0.1, -0.05) is 17.7 Å². The first-order valence-corrected chi connectivity index (χ1v) is 5.69. The first kappa shape index (κ1) is 12.8. The van der Waals surface area contributed by atoms with Gasteiger partial charge in [-0.3, -0.25) is 0 Å². The monoisotopic (exact) mass is 219 g/mol. The van der Waals surface area contributed by atoms with Gasteiger partial charge in [0.2, 0.25) is 0 Å². The van der Waals surface area contributed by atoms with Crippen molar-refractivity contribution in [3.8, 4) is 5.75 Å². The van der Waals surface area contributed by atoms with Gasteiger partial charge in [0.1, 0.15) is 5.75 Å². The zero-order chi connectivity index (χ0) is 12.0. The van der Waals surface area contributed by atoms with Crippen molar-refractivity contribution >= 4 is 0 Å². The molecule has 1 unspecified atom stereocenters. The number of hydrogen-bond donors (Lipinski definition) is 1. The van der Waals surface area contributed by atoms with Crippen LogP contribution in [0.3, 0.4) is 0 Å². The van der Waals surface area contributed by atoms with Crippen molar-refractivity contribution in [3.63, 3.8) is 0 Å². The maximum absolute atomic E-state index is 5.74. The van der Waals surface area contributed by atoms with Crippen molar-refractivity contribution < 1.29 is 4.74 Å². The molecule has 0 bridgehead atoms. The van der Waals surface area contributed by atoms with Crippen LogP contribution in [0.1, 0.15) is 25.8 Å². The van der Waals surface area contributed by atoms with Crippen molar-refractivity contribution in [2.45, 2.75) is 32.7 Å². The molecule has 1 atom stereocenters. The van der Waals surface area contributed by atoms with Gasteiger partial charge in [-0.25, -0.2) is 0 Å². The molecule has 16 heavy (non-hydrogen) atoms. The molecular weight excluding hydrogens is 198 g/mol. The van der Waals surface area contributed by atoms with Crippen LogP contribution >= 0.6 is 0 Å². The Morgan fingerprint density at radius 1 is 1.38 bits per heavy atom. The predicted molar refractivity (Wildman–Crippen MR) is 68.7 cm³/mol. The van der Waals surface area contributed by atoms with Gasteiger partial charge in [0.25, 0.3) is 0 Å². The molecule has 0 spiro atoms. The summed E-state index contributed by atoms with van der Waals surface area (Å²) in [5.74, 6) is 0.912. The second-order valence-corrected chi connectivity index (χ2v) is 4.38.